The Labute approximate surface area is 159 Å². The molecule has 1 aromatic carbocycles. The fourth-order valence-corrected chi connectivity index (χ4v) is 3.59. The van der Waals surface area contributed by atoms with Crippen LogP contribution in [-0.2, 0) is 23.1 Å². The number of rotatable bonds is 6. The first kappa shape index (κ1) is 19.0. The van der Waals surface area contributed by atoms with Gasteiger partial charge < -0.3 is 9.30 Å². The van der Waals surface area contributed by atoms with Crippen LogP contribution in [0.25, 0.3) is 11.2 Å². The molecule has 1 atom stereocenters. The SMILES string of the molecule is CCOC(=O)[C@@H](C)Sc1nc2c(c(=O)[nH]c(=O)n2C)n1Cc1ccccc1. The van der Waals surface area contributed by atoms with Crippen molar-refractivity contribution >= 4 is 28.9 Å². The number of thioether (sulfide) groups is 1. The standard InChI is InChI=1S/C18H20N4O4S/c1-4-26-16(24)11(2)27-18-19-14-13(15(23)20-17(25)21(14)3)22(18)10-12-8-6-5-7-9-12/h5-9,11H,4,10H2,1-3H3,(H,20,23,25)/t11-/m1/s1. The fraction of sp³-hybridized carbons (Fsp3) is 0.333. The van der Waals surface area contributed by atoms with Gasteiger partial charge in [-0.15, -0.1) is 0 Å². The van der Waals surface area contributed by atoms with E-state index in [0.29, 0.717) is 23.8 Å². The highest BCUT2D eigenvalue weighted by Crippen LogP contribution is 2.27. The van der Waals surface area contributed by atoms with Gasteiger partial charge in [-0.3, -0.25) is 19.1 Å². The summed E-state index contributed by atoms with van der Waals surface area (Å²) in [7, 11) is 1.55. The molecule has 9 heteroatoms. The second-order valence-electron chi connectivity index (χ2n) is 5.97. The molecule has 3 aromatic rings. The molecule has 0 radical (unpaired) electrons. The number of H-pyrrole nitrogens is 1. The van der Waals surface area contributed by atoms with Crippen LogP contribution in [0.5, 0.6) is 0 Å². The van der Waals surface area contributed by atoms with Gasteiger partial charge in [-0.25, -0.2) is 9.78 Å². The molecule has 0 saturated carbocycles. The van der Waals surface area contributed by atoms with Crippen LogP contribution in [0.15, 0.2) is 45.1 Å². The first-order valence-corrected chi connectivity index (χ1v) is 9.37. The molecule has 142 valence electrons. The van der Waals surface area contributed by atoms with Crippen molar-refractivity contribution in [1.82, 2.24) is 19.1 Å². The number of fused-ring (bicyclic) bond motifs is 1. The Kier molecular flexibility index (Phi) is 5.50. The van der Waals surface area contributed by atoms with Gasteiger partial charge in [0.2, 0.25) is 0 Å². The molecule has 27 heavy (non-hydrogen) atoms. The average molecular weight is 388 g/mol. The van der Waals surface area contributed by atoms with Crippen LogP contribution in [0.4, 0.5) is 0 Å². The number of benzene rings is 1. The molecule has 1 N–H and O–H groups in total. The molecule has 0 aliphatic rings. The zero-order chi connectivity index (χ0) is 19.6. The molecule has 3 rings (SSSR count). The monoisotopic (exact) mass is 388 g/mol. The number of aromatic amines is 1. The van der Waals surface area contributed by atoms with Crippen molar-refractivity contribution in [2.45, 2.75) is 30.8 Å². The van der Waals surface area contributed by atoms with E-state index in [9.17, 15) is 14.4 Å². The van der Waals surface area contributed by atoms with Crippen LogP contribution in [0, 0.1) is 0 Å². The van der Waals surface area contributed by atoms with E-state index in [1.165, 1.54) is 16.3 Å². The van der Waals surface area contributed by atoms with Crippen molar-refractivity contribution in [2.75, 3.05) is 6.61 Å². The number of carbonyl (C=O) groups excluding carboxylic acids is 1. The van der Waals surface area contributed by atoms with E-state index in [4.69, 9.17) is 4.74 Å². The van der Waals surface area contributed by atoms with E-state index in [-0.39, 0.29) is 11.6 Å². The van der Waals surface area contributed by atoms with Gasteiger partial charge in [0.25, 0.3) is 5.56 Å². The highest BCUT2D eigenvalue weighted by molar-refractivity contribution is 8.00. The summed E-state index contributed by atoms with van der Waals surface area (Å²) >= 11 is 1.20. The largest absolute Gasteiger partial charge is 0.465 e. The second-order valence-corrected chi connectivity index (χ2v) is 7.28. The molecule has 0 saturated heterocycles. The molecule has 0 fully saturated rings. The lowest BCUT2D eigenvalue weighted by atomic mass is 10.2. The normalized spacial score (nSPS) is 12.3. The van der Waals surface area contributed by atoms with E-state index in [0.717, 1.165) is 5.56 Å². The van der Waals surface area contributed by atoms with Crippen LogP contribution in [0.1, 0.15) is 19.4 Å². The summed E-state index contributed by atoms with van der Waals surface area (Å²) in [5, 5.41) is -0.0338. The third kappa shape index (κ3) is 3.82. The third-order valence-corrected chi connectivity index (χ3v) is 5.12. The van der Waals surface area contributed by atoms with Gasteiger partial charge in [0, 0.05) is 7.05 Å². The quantitative estimate of drug-likeness (QED) is 0.508. The molecule has 8 nitrogen and oxygen atoms in total. The van der Waals surface area contributed by atoms with Gasteiger partial charge in [-0.2, -0.15) is 0 Å². The summed E-state index contributed by atoms with van der Waals surface area (Å²) in [5.74, 6) is -0.358. The van der Waals surface area contributed by atoms with Crippen molar-refractivity contribution in [3.8, 4) is 0 Å². The van der Waals surface area contributed by atoms with Crippen LogP contribution in [-0.4, -0.2) is 36.9 Å². The molecule has 0 spiro atoms. The maximum Gasteiger partial charge on any atom is 0.329 e. The average Bonchev–Trinajstić information content (AvgIpc) is 2.99. The lowest BCUT2D eigenvalue weighted by Crippen LogP contribution is -2.29. The van der Waals surface area contributed by atoms with Gasteiger partial charge >= 0.3 is 11.7 Å². The maximum absolute atomic E-state index is 12.5. The minimum Gasteiger partial charge on any atom is -0.465 e. The minimum absolute atomic E-state index is 0.276. The van der Waals surface area contributed by atoms with Gasteiger partial charge in [0.1, 0.15) is 5.25 Å². The number of nitrogens with one attached hydrogen (secondary N) is 1. The van der Waals surface area contributed by atoms with Crippen LogP contribution in [0.2, 0.25) is 0 Å². The number of aromatic nitrogens is 4. The number of nitrogens with zero attached hydrogens (tertiary/aromatic N) is 3. The van der Waals surface area contributed by atoms with E-state index in [1.807, 2.05) is 30.3 Å². The molecule has 0 amide bonds. The maximum atomic E-state index is 12.5. The van der Waals surface area contributed by atoms with Gasteiger partial charge in [-0.05, 0) is 19.4 Å². The Bertz CT molecular complexity index is 1080. The first-order chi connectivity index (χ1) is 12.9. The predicted octanol–water partition coefficient (Wildman–Crippen LogP) is 1.52. The van der Waals surface area contributed by atoms with Crippen molar-refractivity contribution in [3.05, 3.63) is 56.7 Å². The summed E-state index contributed by atoms with van der Waals surface area (Å²) in [6.45, 7) is 4.14. The van der Waals surface area contributed by atoms with Crippen molar-refractivity contribution in [3.63, 3.8) is 0 Å². The van der Waals surface area contributed by atoms with E-state index >= 15 is 0 Å². The lowest BCUT2D eigenvalue weighted by Gasteiger charge is -2.12. The van der Waals surface area contributed by atoms with Gasteiger partial charge in [-0.1, -0.05) is 42.1 Å². The molecule has 0 unspecified atom stereocenters. The number of imidazole rings is 1. The Morgan fingerprint density at radius 3 is 2.67 bits per heavy atom. The van der Waals surface area contributed by atoms with Crippen LogP contribution in [0.3, 0.4) is 0 Å². The molecular weight excluding hydrogens is 368 g/mol. The predicted molar refractivity (Wildman–Crippen MR) is 103 cm³/mol. The van der Waals surface area contributed by atoms with E-state index < -0.39 is 16.5 Å². The summed E-state index contributed by atoms with van der Waals surface area (Å²) < 4.78 is 8.07. The smallest absolute Gasteiger partial charge is 0.329 e. The molecule has 2 aromatic heterocycles. The molecule has 2 heterocycles. The minimum atomic E-state index is -0.535. The first-order valence-electron chi connectivity index (χ1n) is 8.49. The number of aryl methyl sites for hydroxylation is 1. The molecule has 0 bridgehead atoms. The zero-order valence-electron chi connectivity index (χ0n) is 15.3. The highest BCUT2D eigenvalue weighted by Gasteiger charge is 2.23. The Morgan fingerprint density at radius 1 is 1.30 bits per heavy atom. The summed E-state index contributed by atoms with van der Waals surface area (Å²) in [4.78, 5) is 43.2. The van der Waals surface area contributed by atoms with Gasteiger partial charge in [0.05, 0.1) is 13.2 Å². The Balaban J connectivity index is 2.13. The van der Waals surface area contributed by atoms with Crippen molar-refractivity contribution < 1.29 is 9.53 Å². The van der Waals surface area contributed by atoms with Crippen LogP contribution >= 0.6 is 11.8 Å². The van der Waals surface area contributed by atoms with E-state index in [1.54, 1.807) is 25.5 Å². The fourth-order valence-electron chi connectivity index (χ4n) is 2.68. The summed E-state index contributed by atoms with van der Waals surface area (Å²) in [6.07, 6.45) is 0. The topological polar surface area (TPSA) is 99.0 Å². The lowest BCUT2D eigenvalue weighted by molar-refractivity contribution is -0.142. The number of ether oxygens (including phenoxy) is 1. The third-order valence-electron chi connectivity index (χ3n) is 4.06. The Hall–Kier alpha value is -2.81. The summed E-state index contributed by atoms with van der Waals surface area (Å²) in [6, 6.07) is 9.59. The summed E-state index contributed by atoms with van der Waals surface area (Å²) in [5.41, 5.74) is 0.493. The van der Waals surface area contributed by atoms with Gasteiger partial charge in [0.15, 0.2) is 16.3 Å². The molecule has 0 aliphatic carbocycles. The second kappa shape index (κ2) is 7.83. The number of carbonyl (C=O) groups is 1. The highest BCUT2D eigenvalue weighted by atomic mass is 32.2. The van der Waals surface area contributed by atoms with Crippen molar-refractivity contribution in [2.24, 2.45) is 7.05 Å². The Morgan fingerprint density at radius 2 is 2.00 bits per heavy atom. The number of hydrogen-bond acceptors (Lipinski definition) is 6. The van der Waals surface area contributed by atoms with E-state index in [2.05, 4.69) is 9.97 Å². The molecule has 0 aliphatic heterocycles. The number of hydrogen-bond donors (Lipinski definition) is 1. The van der Waals surface area contributed by atoms with Crippen molar-refractivity contribution in [1.29, 1.82) is 0 Å². The number of esters is 1. The molecular formula is C18H20N4O4S. The van der Waals surface area contributed by atoms with Crippen LogP contribution < -0.4 is 11.2 Å². The zero-order valence-corrected chi connectivity index (χ0v) is 16.1.